The van der Waals surface area contributed by atoms with E-state index in [0.29, 0.717) is 35.8 Å². The fraction of sp³-hybridized carbons (Fsp3) is 0.312. The molecule has 0 spiro atoms. The summed E-state index contributed by atoms with van der Waals surface area (Å²) in [7, 11) is 1.54. The molecule has 1 atom stereocenters. The highest BCUT2D eigenvalue weighted by Crippen LogP contribution is 2.39. The first kappa shape index (κ1) is 27.9. The number of aliphatic hydroxyl groups is 1. The number of rotatable bonds is 12. The van der Waals surface area contributed by atoms with Gasteiger partial charge >= 0.3 is 0 Å². The molecule has 204 valence electrons. The highest BCUT2D eigenvalue weighted by atomic mass is 16.5. The second-order valence-corrected chi connectivity index (χ2v) is 9.56. The molecule has 7 heteroatoms. The van der Waals surface area contributed by atoms with Gasteiger partial charge in [0.1, 0.15) is 23.9 Å². The van der Waals surface area contributed by atoms with Crippen molar-refractivity contribution in [3.05, 3.63) is 101 Å². The van der Waals surface area contributed by atoms with Crippen molar-refractivity contribution in [2.45, 2.75) is 39.3 Å². The van der Waals surface area contributed by atoms with Crippen molar-refractivity contribution in [3.63, 3.8) is 0 Å². The van der Waals surface area contributed by atoms with Crippen molar-refractivity contribution >= 4 is 17.4 Å². The van der Waals surface area contributed by atoms with Crippen molar-refractivity contribution in [2.24, 2.45) is 0 Å². The van der Waals surface area contributed by atoms with E-state index in [1.807, 2.05) is 49.4 Å². The van der Waals surface area contributed by atoms with Crippen LogP contribution in [0, 0.1) is 6.92 Å². The summed E-state index contributed by atoms with van der Waals surface area (Å²) in [6.07, 6.45) is 1.99. The number of carbonyl (C=O) groups excluding carboxylic acids is 2. The molecular weight excluding hydrogens is 494 g/mol. The van der Waals surface area contributed by atoms with Gasteiger partial charge in [0.25, 0.3) is 11.7 Å². The summed E-state index contributed by atoms with van der Waals surface area (Å²) in [5.74, 6) is -0.283. The number of Topliss-reactive ketones (excluding diaryl/α,β-unsaturated/α-hetero) is 1. The van der Waals surface area contributed by atoms with Gasteiger partial charge in [0.05, 0.1) is 24.8 Å². The van der Waals surface area contributed by atoms with Gasteiger partial charge in [-0.1, -0.05) is 55.3 Å². The number of hydrogen-bond acceptors (Lipinski definition) is 6. The van der Waals surface area contributed by atoms with Crippen LogP contribution in [0.2, 0.25) is 0 Å². The summed E-state index contributed by atoms with van der Waals surface area (Å²) in [5.41, 5.74) is 3.38. The topological polar surface area (TPSA) is 85.3 Å². The fourth-order valence-electron chi connectivity index (χ4n) is 4.56. The third kappa shape index (κ3) is 6.67. The first-order valence-electron chi connectivity index (χ1n) is 13.2. The van der Waals surface area contributed by atoms with Gasteiger partial charge in [-0.25, -0.2) is 0 Å². The molecule has 0 aromatic heterocycles. The standard InChI is InChI=1S/C32H35NO6/c1-4-5-18-38-26-13-9-24(10-14-26)29-28(31(35)32(36)33(29)17-19-37-3)30(34)25-11-15-27(16-12-25)39-21-23-8-6-7-22(2)20-23/h6-16,20,29,34H,4-5,17-19,21H2,1-3H3. The first-order chi connectivity index (χ1) is 18.9. The molecule has 1 amide bonds. The van der Waals surface area contributed by atoms with E-state index >= 15 is 0 Å². The van der Waals surface area contributed by atoms with Crippen molar-refractivity contribution in [1.29, 1.82) is 0 Å². The average molecular weight is 530 g/mol. The molecule has 1 aliphatic heterocycles. The van der Waals surface area contributed by atoms with Crippen molar-refractivity contribution in [3.8, 4) is 11.5 Å². The van der Waals surface area contributed by atoms with Crippen LogP contribution in [-0.4, -0.2) is 48.6 Å². The second kappa shape index (κ2) is 13.1. The Morgan fingerprint density at radius 1 is 0.923 bits per heavy atom. The Kier molecular flexibility index (Phi) is 9.39. The van der Waals surface area contributed by atoms with Gasteiger partial charge < -0.3 is 24.2 Å². The third-order valence-corrected chi connectivity index (χ3v) is 6.65. The number of ether oxygens (including phenoxy) is 3. The lowest BCUT2D eigenvalue weighted by molar-refractivity contribution is -0.140. The zero-order valence-electron chi connectivity index (χ0n) is 22.7. The molecule has 0 bridgehead atoms. The third-order valence-electron chi connectivity index (χ3n) is 6.65. The van der Waals surface area contributed by atoms with Gasteiger partial charge in [-0.2, -0.15) is 0 Å². The summed E-state index contributed by atoms with van der Waals surface area (Å²) in [5, 5.41) is 11.3. The minimum absolute atomic E-state index is 0.0455. The molecule has 1 unspecified atom stereocenters. The molecule has 3 aromatic rings. The minimum Gasteiger partial charge on any atom is -0.507 e. The van der Waals surface area contributed by atoms with Crippen molar-refractivity contribution in [2.75, 3.05) is 26.9 Å². The van der Waals surface area contributed by atoms with Crippen LogP contribution >= 0.6 is 0 Å². The van der Waals surface area contributed by atoms with E-state index < -0.39 is 17.7 Å². The quantitative estimate of drug-likeness (QED) is 0.138. The Labute approximate surface area is 229 Å². The van der Waals surface area contributed by atoms with E-state index in [4.69, 9.17) is 14.2 Å². The van der Waals surface area contributed by atoms with Crippen molar-refractivity contribution < 1.29 is 28.9 Å². The SMILES string of the molecule is CCCCOc1ccc(C2C(=C(O)c3ccc(OCc4cccc(C)c4)cc3)C(=O)C(=O)N2CCOC)cc1. The summed E-state index contributed by atoms with van der Waals surface area (Å²) in [4.78, 5) is 27.6. The zero-order chi connectivity index (χ0) is 27.8. The van der Waals surface area contributed by atoms with Crippen molar-refractivity contribution in [1.82, 2.24) is 4.90 Å². The number of methoxy groups -OCH3 is 1. The Bertz CT molecular complexity index is 1310. The average Bonchev–Trinajstić information content (AvgIpc) is 3.20. The van der Waals surface area contributed by atoms with Gasteiger partial charge in [-0.15, -0.1) is 0 Å². The zero-order valence-corrected chi connectivity index (χ0v) is 22.7. The Morgan fingerprint density at radius 3 is 2.28 bits per heavy atom. The Morgan fingerprint density at radius 2 is 1.62 bits per heavy atom. The maximum atomic E-state index is 13.2. The van der Waals surface area contributed by atoms with E-state index in [1.54, 1.807) is 24.3 Å². The highest BCUT2D eigenvalue weighted by molar-refractivity contribution is 6.46. The lowest BCUT2D eigenvalue weighted by atomic mass is 9.95. The number of amides is 1. The maximum Gasteiger partial charge on any atom is 0.295 e. The molecule has 1 aliphatic rings. The maximum absolute atomic E-state index is 13.2. The summed E-state index contributed by atoms with van der Waals surface area (Å²) >= 11 is 0. The molecule has 0 saturated carbocycles. The van der Waals surface area contributed by atoms with E-state index in [2.05, 4.69) is 13.0 Å². The van der Waals surface area contributed by atoms with Gasteiger partial charge in [-0.3, -0.25) is 9.59 Å². The number of ketones is 1. The number of nitrogens with zero attached hydrogens (tertiary/aromatic N) is 1. The number of aryl methyl sites for hydroxylation is 1. The summed E-state index contributed by atoms with van der Waals surface area (Å²) in [6, 6.07) is 21.5. The molecule has 1 fully saturated rings. The van der Waals surface area contributed by atoms with Crippen LogP contribution in [0.15, 0.2) is 78.4 Å². The van der Waals surface area contributed by atoms with Gasteiger partial charge in [0, 0.05) is 19.2 Å². The monoisotopic (exact) mass is 529 g/mol. The molecule has 4 rings (SSSR count). The Balaban J connectivity index is 1.60. The Hall–Kier alpha value is -4.10. The molecule has 1 N–H and O–H groups in total. The molecular formula is C32H35NO6. The lowest BCUT2D eigenvalue weighted by Gasteiger charge is -2.25. The highest BCUT2D eigenvalue weighted by Gasteiger charge is 2.45. The largest absolute Gasteiger partial charge is 0.507 e. The lowest BCUT2D eigenvalue weighted by Crippen LogP contribution is -2.32. The minimum atomic E-state index is -0.748. The molecule has 0 radical (unpaired) electrons. The predicted molar refractivity (Wildman–Crippen MR) is 150 cm³/mol. The van der Waals surface area contributed by atoms with Crippen LogP contribution in [-0.2, 0) is 20.9 Å². The number of carbonyl (C=O) groups is 2. The molecule has 7 nitrogen and oxygen atoms in total. The van der Waals surface area contributed by atoms with Crippen LogP contribution < -0.4 is 9.47 Å². The van der Waals surface area contributed by atoms with Crippen LogP contribution in [0.25, 0.3) is 5.76 Å². The number of aliphatic hydroxyl groups excluding tert-OH is 1. The number of benzene rings is 3. The van der Waals surface area contributed by atoms with Crippen LogP contribution in [0.1, 0.15) is 48.1 Å². The first-order valence-corrected chi connectivity index (χ1v) is 13.2. The van der Waals surface area contributed by atoms with Crippen LogP contribution in [0.4, 0.5) is 0 Å². The smallest absolute Gasteiger partial charge is 0.295 e. The number of hydrogen-bond donors (Lipinski definition) is 1. The fourth-order valence-corrected chi connectivity index (χ4v) is 4.56. The molecule has 0 aliphatic carbocycles. The summed E-state index contributed by atoms with van der Waals surface area (Å²) in [6.45, 7) is 5.63. The second-order valence-electron chi connectivity index (χ2n) is 9.56. The van der Waals surface area contributed by atoms with Gasteiger partial charge in [-0.05, 0) is 60.9 Å². The number of unbranched alkanes of at least 4 members (excludes halogenated alkanes) is 1. The molecule has 39 heavy (non-hydrogen) atoms. The van der Waals surface area contributed by atoms with Gasteiger partial charge in [0.15, 0.2) is 0 Å². The van der Waals surface area contributed by atoms with E-state index in [0.717, 1.165) is 24.0 Å². The number of likely N-dealkylation sites (tertiary alicyclic amines) is 1. The van der Waals surface area contributed by atoms with E-state index in [1.165, 1.54) is 12.0 Å². The molecule has 1 heterocycles. The summed E-state index contributed by atoms with van der Waals surface area (Å²) < 4.78 is 16.8. The molecule has 3 aromatic carbocycles. The van der Waals surface area contributed by atoms with Gasteiger partial charge in [0.2, 0.25) is 0 Å². The van der Waals surface area contributed by atoms with Crippen LogP contribution in [0.3, 0.4) is 0 Å². The predicted octanol–water partition coefficient (Wildman–Crippen LogP) is 5.82. The molecule has 1 saturated heterocycles. The van der Waals surface area contributed by atoms with E-state index in [9.17, 15) is 14.7 Å². The van der Waals surface area contributed by atoms with E-state index in [-0.39, 0.29) is 24.5 Å². The normalized spacial score (nSPS) is 16.5. The van der Waals surface area contributed by atoms with Crippen LogP contribution in [0.5, 0.6) is 11.5 Å².